The molecule has 1 aromatic heterocycles. The van der Waals surface area contributed by atoms with Crippen molar-refractivity contribution >= 4 is 16.9 Å². The van der Waals surface area contributed by atoms with Crippen LogP contribution in [0, 0.1) is 6.92 Å². The molecule has 3 heteroatoms. The highest BCUT2D eigenvalue weighted by molar-refractivity contribution is 5.93. The SMILES string of the molecule is Cc1ccc2nc(N3CCCCC3C)nc(-c3ccccc3)c2c1. The molecular formula is C21H23N3. The van der Waals surface area contributed by atoms with Crippen LogP contribution in [-0.2, 0) is 0 Å². The fraction of sp³-hybridized carbons (Fsp3) is 0.333. The van der Waals surface area contributed by atoms with Gasteiger partial charge in [0.2, 0.25) is 5.95 Å². The highest BCUT2D eigenvalue weighted by atomic mass is 15.3. The van der Waals surface area contributed by atoms with Crippen LogP contribution in [0.4, 0.5) is 5.95 Å². The van der Waals surface area contributed by atoms with Gasteiger partial charge in [-0.1, -0.05) is 42.0 Å². The zero-order chi connectivity index (χ0) is 16.5. The topological polar surface area (TPSA) is 29.0 Å². The molecule has 1 atom stereocenters. The fourth-order valence-corrected chi connectivity index (χ4v) is 3.57. The Balaban J connectivity index is 1.92. The van der Waals surface area contributed by atoms with E-state index in [-0.39, 0.29) is 0 Å². The standard InChI is InChI=1S/C21H23N3/c1-15-11-12-19-18(14-15)20(17-9-4-3-5-10-17)23-21(22-19)24-13-7-6-8-16(24)2/h3-5,9-12,14,16H,6-8,13H2,1-2H3. The van der Waals surface area contributed by atoms with Gasteiger partial charge in [0.15, 0.2) is 0 Å². The third-order valence-electron chi connectivity index (χ3n) is 4.95. The minimum absolute atomic E-state index is 0.505. The van der Waals surface area contributed by atoms with Crippen LogP contribution < -0.4 is 4.90 Å². The lowest BCUT2D eigenvalue weighted by Gasteiger charge is -2.33. The van der Waals surface area contributed by atoms with Gasteiger partial charge in [-0.05, 0) is 45.2 Å². The molecule has 4 rings (SSSR count). The number of hydrogen-bond donors (Lipinski definition) is 0. The first-order valence-electron chi connectivity index (χ1n) is 8.83. The summed E-state index contributed by atoms with van der Waals surface area (Å²) >= 11 is 0. The summed E-state index contributed by atoms with van der Waals surface area (Å²) in [4.78, 5) is 12.3. The lowest BCUT2D eigenvalue weighted by molar-refractivity contribution is 0.478. The van der Waals surface area contributed by atoms with Crippen LogP contribution in [0.5, 0.6) is 0 Å². The summed E-state index contributed by atoms with van der Waals surface area (Å²) in [6.45, 7) is 5.45. The summed E-state index contributed by atoms with van der Waals surface area (Å²) in [6, 6.07) is 17.4. The third kappa shape index (κ3) is 2.75. The van der Waals surface area contributed by atoms with Gasteiger partial charge < -0.3 is 4.90 Å². The van der Waals surface area contributed by atoms with Gasteiger partial charge in [0.25, 0.3) is 0 Å². The average molecular weight is 317 g/mol. The van der Waals surface area contributed by atoms with E-state index >= 15 is 0 Å². The van der Waals surface area contributed by atoms with Gasteiger partial charge in [-0.15, -0.1) is 0 Å². The molecule has 0 spiro atoms. The minimum atomic E-state index is 0.505. The van der Waals surface area contributed by atoms with E-state index in [9.17, 15) is 0 Å². The molecule has 0 aliphatic carbocycles. The third-order valence-corrected chi connectivity index (χ3v) is 4.95. The molecule has 1 unspecified atom stereocenters. The molecule has 0 bridgehead atoms. The summed E-state index contributed by atoms with van der Waals surface area (Å²) in [5.41, 5.74) is 4.46. The predicted molar refractivity (Wildman–Crippen MR) is 100 cm³/mol. The number of hydrogen-bond acceptors (Lipinski definition) is 3. The maximum atomic E-state index is 5.00. The van der Waals surface area contributed by atoms with E-state index in [1.165, 1.54) is 24.8 Å². The second-order valence-corrected chi connectivity index (χ2v) is 6.80. The second kappa shape index (κ2) is 6.23. The normalized spacial score (nSPS) is 18.1. The van der Waals surface area contributed by atoms with Gasteiger partial charge in [-0.3, -0.25) is 0 Å². The minimum Gasteiger partial charge on any atom is -0.338 e. The van der Waals surface area contributed by atoms with E-state index in [2.05, 4.69) is 61.2 Å². The van der Waals surface area contributed by atoms with Crippen molar-refractivity contribution in [1.29, 1.82) is 0 Å². The van der Waals surface area contributed by atoms with E-state index < -0.39 is 0 Å². The van der Waals surface area contributed by atoms with Crippen molar-refractivity contribution in [3.05, 3.63) is 54.1 Å². The highest BCUT2D eigenvalue weighted by Gasteiger charge is 2.22. The van der Waals surface area contributed by atoms with E-state index in [1.54, 1.807) is 0 Å². The quantitative estimate of drug-likeness (QED) is 0.667. The molecule has 1 aliphatic heterocycles. The molecular weight excluding hydrogens is 294 g/mol. The average Bonchev–Trinajstić information content (AvgIpc) is 2.62. The molecule has 1 fully saturated rings. The van der Waals surface area contributed by atoms with E-state index in [1.807, 2.05) is 6.07 Å². The van der Waals surface area contributed by atoms with Crippen molar-refractivity contribution in [2.75, 3.05) is 11.4 Å². The maximum absolute atomic E-state index is 5.00. The molecule has 0 amide bonds. The summed E-state index contributed by atoms with van der Waals surface area (Å²) in [5.74, 6) is 0.873. The number of nitrogens with zero attached hydrogens (tertiary/aromatic N) is 3. The molecule has 0 saturated carbocycles. The van der Waals surface area contributed by atoms with E-state index in [4.69, 9.17) is 9.97 Å². The summed E-state index contributed by atoms with van der Waals surface area (Å²) in [7, 11) is 0. The first-order valence-corrected chi connectivity index (χ1v) is 8.83. The highest BCUT2D eigenvalue weighted by Crippen LogP contribution is 2.30. The van der Waals surface area contributed by atoms with Gasteiger partial charge in [0, 0.05) is 23.5 Å². The molecule has 3 nitrogen and oxygen atoms in total. The van der Waals surface area contributed by atoms with Crippen molar-refractivity contribution in [3.63, 3.8) is 0 Å². The first-order chi connectivity index (χ1) is 11.7. The molecule has 3 aromatic rings. The molecule has 1 saturated heterocycles. The Morgan fingerprint density at radius 2 is 1.83 bits per heavy atom. The number of aryl methyl sites for hydroxylation is 1. The van der Waals surface area contributed by atoms with Crippen LogP contribution in [-0.4, -0.2) is 22.6 Å². The van der Waals surface area contributed by atoms with Crippen LogP contribution in [0.25, 0.3) is 22.2 Å². The van der Waals surface area contributed by atoms with Crippen molar-refractivity contribution in [2.45, 2.75) is 39.2 Å². The molecule has 0 radical (unpaired) electrons. The van der Waals surface area contributed by atoms with Crippen molar-refractivity contribution in [3.8, 4) is 11.3 Å². The Bertz CT molecular complexity index is 858. The summed E-state index contributed by atoms with van der Waals surface area (Å²) < 4.78 is 0. The number of fused-ring (bicyclic) bond motifs is 1. The van der Waals surface area contributed by atoms with Gasteiger partial charge in [-0.25, -0.2) is 9.97 Å². The number of rotatable bonds is 2. The maximum Gasteiger partial charge on any atom is 0.226 e. The van der Waals surface area contributed by atoms with E-state index in [0.29, 0.717) is 6.04 Å². The first kappa shape index (κ1) is 15.1. The van der Waals surface area contributed by atoms with Gasteiger partial charge in [-0.2, -0.15) is 0 Å². The number of piperidine rings is 1. The second-order valence-electron chi connectivity index (χ2n) is 6.80. The number of anilines is 1. The Labute approximate surface area is 143 Å². The van der Waals surface area contributed by atoms with E-state index in [0.717, 1.165) is 34.7 Å². The zero-order valence-corrected chi connectivity index (χ0v) is 14.4. The number of benzene rings is 2. The summed E-state index contributed by atoms with van der Waals surface area (Å²) in [6.07, 6.45) is 3.74. The van der Waals surface area contributed by atoms with Gasteiger partial charge >= 0.3 is 0 Å². The Hall–Kier alpha value is -2.42. The lowest BCUT2D eigenvalue weighted by atomic mass is 10.0. The smallest absolute Gasteiger partial charge is 0.226 e. The predicted octanol–water partition coefficient (Wildman–Crippen LogP) is 4.98. The van der Waals surface area contributed by atoms with Crippen molar-refractivity contribution < 1.29 is 0 Å². The Morgan fingerprint density at radius 1 is 1.00 bits per heavy atom. The Kier molecular flexibility index (Phi) is 3.93. The Morgan fingerprint density at radius 3 is 2.62 bits per heavy atom. The molecule has 2 heterocycles. The van der Waals surface area contributed by atoms with Crippen molar-refractivity contribution in [2.24, 2.45) is 0 Å². The fourth-order valence-electron chi connectivity index (χ4n) is 3.57. The monoisotopic (exact) mass is 317 g/mol. The summed E-state index contributed by atoms with van der Waals surface area (Å²) in [5, 5.41) is 1.13. The molecule has 2 aromatic carbocycles. The molecule has 122 valence electrons. The largest absolute Gasteiger partial charge is 0.338 e. The van der Waals surface area contributed by atoms with Crippen LogP contribution in [0.3, 0.4) is 0 Å². The van der Waals surface area contributed by atoms with Gasteiger partial charge in [0.1, 0.15) is 0 Å². The molecule has 24 heavy (non-hydrogen) atoms. The van der Waals surface area contributed by atoms with Crippen LogP contribution in [0.2, 0.25) is 0 Å². The van der Waals surface area contributed by atoms with Crippen LogP contribution in [0.1, 0.15) is 31.7 Å². The molecule has 1 aliphatic rings. The van der Waals surface area contributed by atoms with Crippen molar-refractivity contribution in [1.82, 2.24) is 9.97 Å². The molecule has 0 N–H and O–H groups in total. The van der Waals surface area contributed by atoms with Crippen LogP contribution >= 0.6 is 0 Å². The van der Waals surface area contributed by atoms with Gasteiger partial charge in [0.05, 0.1) is 11.2 Å². The lowest BCUT2D eigenvalue weighted by Crippen LogP contribution is -2.38. The van der Waals surface area contributed by atoms with Crippen LogP contribution in [0.15, 0.2) is 48.5 Å². The number of aromatic nitrogens is 2. The zero-order valence-electron chi connectivity index (χ0n) is 14.4.